The summed E-state index contributed by atoms with van der Waals surface area (Å²) in [4.78, 5) is 10.8. The molecule has 0 N–H and O–H groups in total. The molecule has 0 saturated carbocycles. The van der Waals surface area contributed by atoms with Crippen LogP contribution >= 0.6 is 0 Å². The van der Waals surface area contributed by atoms with E-state index in [0.29, 0.717) is 17.0 Å². The highest BCUT2D eigenvalue weighted by atomic mass is 16.3. The van der Waals surface area contributed by atoms with Crippen LogP contribution in [0.3, 0.4) is 0 Å². The standard InChI is InChI=1S/C11H12N2O2/c1-7-4-10(15-8(7)2)11-9(6-14)5-13(3)12-11/h4-6H,1-3H3. The minimum Gasteiger partial charge on any atom is -0.459 e. The Bertz CT molecular complexity index is 489. The molecular weight excluding hydrogens is 192 g/mol. The minimum atomic E-state index is 0.547. The van der Waals surface area contributed by atoms with Crippen molar-refractivity contribution in [3.8, 4) is 11.5 Å². The number of aryl methyl sites for hydroxylation is 3. The van der Waals surface area contributed by atoms with Crippen molar-refractivity contribution in [2.24, 2.45) is 7.05 Å². The van der Waals surface area contributed by atoms with Crippen molar-refractivity contribution >= 4 is 6.29 Å². The number of furan rings is 1. The Morgan fingerprint density at radius 3 is 2.73 bits per heavy atom. The van der Waals surface area contributed by atoms with Gasteiger partial charge in [-0.2, -0.15) is 5.10 Å². The van der Waals surface area contributed by atoms with E-state index in [1.165, 1.54) is 0 Å². The molecule has 2 heterocycles. The van der Waals surface area contributed by atoms with Gasteiger partial charge in [0.05, 0.1) is 5.56 Å². The number of carbonyl (C=O) groups excluding carboxylic acids is 1. The van der Waals surface area contributed by atoms with Gasteiger partial charge in [0.1, 0.15) is 11.5 Å². The third-order valence-corrected chi connectivity index (χ3v) is 2.38. The number of hydrogen-bond acceptors (Lipinski definition) is 3. The highest BCUT2D eigenvalue weighted by molar-refractivity contribution is 5.84. The molecule has 0 aliphatic rings. The fourth-order valence-electron chi connectivity index (χ4n) is 1.47. The van der Waals surface area contributed by atoms with Crippen LogP contribution < -0.4 is 0 Å². The molecule has 2 rings (SSSR count). The monoisotopic (exact) mass is 204 g/mol. The summed E-state index contributed by atoms with van der Waals surface area (Å²) in [5.74, 6) is 1.50. The van der Waals surface area contributed by atoms with Gasteiger partial charge in [-0.25, -0.2) is 0 Å². The van der Waals surface area contributed by atoms with E-state index in [1.54, 1.807) is 17.9 Å². The van der Waals surface area contributed by atoms with Crippen LogP contribution in [0.15, 0.2) is 16.7 Å². The summed E-state index contributed by atoms with van der Waals surface area (Å²) in [7, 11) is 1.78. The molecule has 0 bridgehead atoms. The Kier molecular flexibility index (Phi) is 2.19. The van der Waals surface area contributed by atoms with Crippen LogP contribution in [0.5, 0.6) is 0 Å². The van der Waals surface area contributed by atoms with Crippen LogP contribution in [-0.2, 0) is 7.05 Å². The van der Waals surface area contributed by atoms with Gasteiger partial charge in [0.15, 0.2) is 12.0 Å². The molecule has 0 amide bonds. The van der Waals surface area contributed by atoms with E-state index in [4.69, 9.17) is 4.42 Å². The summed E-state index contributed by atoms with van der Waals surface area (Å²) in [6.07, 6.45) is 2.46. The van der Waals surface area contributed by atoms with Crippen molar-refractivity contribution in [2.45, 2.75) is 13.8 Å². The van der Waals surface area contributed by atoms with Gasteiger partial charge < -0.3 is 4.42 Å². The van der Waals surface area contributed by atoms with Crippen molar-refractivity contribution in [2.75, 3.05) is 0 Å². The number of aldehydes is 1. The Morgan fingerprint density at radius 2 is 2.20 bits per heavy atom. The van der Waals surface area contributed by atoms with Gasteiger partial charge in [0.2, 0.25) is 0 Å². The molecule has 0 spiro atoms. The van der Waals surface area contributed by atoms with Gasteiger partial charge in [0, 0.05) is 13.2 Å². The van der Waals surface area contributed by atoms with E-state index < -0.39 is 0 Å². The molecule has 2 aromatic heterocycles. The highest BCUT2D eigenvalue weighted by Crippen LogP contribution is 2.25. The Hall–Kier alpha value is -1.84. The van der Waals surface area contributed by atoms with Crippen molar-refractivity contribution in [1.29, 1.82) is 0 Å². The Morgan fingerprint density at radius 1 is 1.47 bits per heavy atom. The highest BCUT2D eigenvalue weighted by Gasteiger charge is 2.14. The molecule has 15 heavy (non-hydrogen) atoms. The zero-order chi connectivity index (χ0) is 11.0. The molecule has 0 saturated heterocycles. The van der Waals surface area contributed by atoms with Crippen molar-refractivity contribution in [3.05, 3.63) is 29.2 Å². The Balaban J connectivity index is 2.57. The molecule has 0 aliphatic carbocycles. The predicted octanol–water partition coefficient (Wildman–Crippen LogP) is 2.11. The second-order valence-electron chi connectivity index (χ2n) is 3.57. The van der Waals surface area contributed by atoms with E-state index in [-0.39, 0.29) is 0 Å². The number of hydrogen-bond donors (Lipinski definition) is 0. The van der Waals surface area contributed by atoms with Crippen LogP contribution in [0.4, 0.5) is 0 Å². The molecule has 0 aromatic carbocycles. The van der Waals surface area contributed by atoms with Gasteiger partial charge in [-0.1, -0.05) is 0 Å². The van der Waals surface area contributed by atoms with Gasteiger partial charge in [-0.3, -0.25) is 9.48 Å². The molecule has 0 fully saturated rings. The van der Waals surface area contributed by atoms with Gasteiger partial charge in [-0.05, 0) is 25.5 Å². The first kappa shape index (κ1) is 9.71. The summed E-state index contributed by atoms with van der Waals surface area (Å²) < 4.78 is 7.12. The second-order valence-corrected chi connectivity index (χ2v) is 3.57. The minimum absolute atomic E-state index is 0.547. The van der Waals surface area contributed by atoms with Crippen LogP contribution in [0, 0.1) is 13.8 Å². The fraction of sp³-hybridized carbons (Fsp3) is 0.273. The molecule has 0 radical (unpaired) electrons. The topological polar surface area (TPSA) is 48.0 Å². The zero-order valence-corrected chi connectivity index (χ0v) is 8.94. The average molecular weight is 204 g/mol. The SMILES string of the molecule is Cc1cc(-c2nn(C)cc2C=O)oc1C. The predicted molar refractivity (Wildman–Crippen MR) is 55.8 cm³/mol. The molecule has 0 aliphatic heterocycles. The summed E-state index contributed by atoms with van der Waals surface area (Å²) >= 11 is 0. The summed E-state index contributed by atoms with van der Waals surface area (Å²) in [6, 6.07) is 1.89. The number of aromatic nitrogens is 2. The largest absolute Gasteiger partial charge is 0.459 e. The van der Waals surface area contributed by atoms with E-state index in [9.17, 15) is 4.79 Å². The third kappa shape index (κ3) is 1.58. The van der Waals surface area contributed by atoms with Crippen LogP contribution in [0.1, 0.15) is 21.7 Å². The molecule has 78 valence electrons. The lowest BCUT2D eigenvalue weighted by molar-refractivity contribution is 0.112. The first-order chi connectivity index (χ1) is 7.11. The van der Waals surface area contributed by atoms with Crippen molar-refractivity contribution in [3.63, 3.8) is 0 Å². The molecule has 0 atom stereocenters. The number of nitrogens with zero attached hydrogens (tertiary/aromatic N) is 2. The van der Waals surface area contributed by atoms with E-state index in [0.717, 1.165) is 17.6 Å². The van der Waals surface area contributed by atoms with E-state index in [1.807, 2.05) is 19.9 Å². The third-order valence-electron chi connectivity index (χ3n) is 2.38. The maximum Gasteiger partial charge on any atom is 0.155 e. The lowest BCUT2D eigenvalue weighted by Gasteiger charge is -1.90. The van der Waals surface area contributed by atoms with Crippen molar-refractivity contribution in [1.82, 2.24) is 9.78 Å². The van der Waals surface area contributed by atoms with Crippen LogP contribution in [0.2, 0.25) is 0 Å². The normalized spacial score (nSPS) is 10.6. The smallest absolute Gasteiger partial charge is 0.155 e. The quantitative estimate of drug-likeness (QED) is 0.704. The summed E-state index contributed by atoms with van der Waals surface area (Å²) in [6.45, 7) is 3.86. The summed E-state index contributed by atoms with van der Waals surface area (Å²) in [5, 5.41) is 4.20. The molecule has 0 unspecified atom stereocenters. The number of rotatable bonds is 2. The lowest BCUT2D eigenvalue weighted by atomic mass is 10.2. The van der Waals surface area contributed by atoms with Gasteiger partial charge in [0.25, 0.3) is 0 Å². The second kappa shape index (κ2) is 3.38. The van der Waals surface area contributed by atoms with E-state index >= 15 is 0 Å². The lowest BCUT2D eigenvalue weighted by Crippen LogP contribution is -1.86. The first-order valence-electron chi connectivity index (χ1n) is 4.68. The van der Waals surface area contributed by atoms with Crippen LogP contribution in [-0.4, -0.2) is 16.1 Å². The Labute approximate surface area is 87.5 Å². The van der Waals surface area contributed by atoms with Gasteiger partial charge >= 0.3 is 0 Å². The number of carbonyl (C=O) groups is 1. The molecule has 4 nitrogen and oxygen atoms in total. The zero-order valence-electron chi connectivity index (χ0n) is 8.94. The van der Waals surface area contributed by atoms with Crippen molar-refractivity contribution < 1.29 is 9.21 Å². The fourth-order valence-corrected chi connectivity index (χ4v) is 1.47. The average Bonchev–Trinajstić information content (AvgIpc) is 2.71. The summed E-state index contributed by atoms with van der Waals surface area (Å²) in [5.41, 5.74) is 2.21. The first-order valence-corrected chi connectivity index (χ1v) is 4.68. The maximum atomic E-state index is 10.8. The molecular formula is C11H12N2O2. The van der Waals surface area contributed by atoms with E-state index in [2.05, 4.69) is 5.10 Å². The maximum absolute atomic E-state index is 10.8. The van der Waals surface area contributed by atoms with Gasteiger partial charge in [-0.15, -0.1) is 0 Å². The molecule has 4 heteroatoms. The molecule has 2 aromatic rings. The van der Waals surface area contributed by atoms with Crippen LogP contribution in [0.25, 0.3) is 11.5 Å².